The summed E-state index contributed by atoms with van der Waals surface area (Å²) in [7, 11) is 0. The summed E-state index contributed by atoms with van der Waals surface area (Å²) in [6, 6.07) is 0.373. The molecule has 0 heterocycles. The monoisotopic (exact) mass is 244 g/mol. The third-order valence-electron chi connectivity index (χ3n) is 3.31. The quantitative estimate of drug-likeness (QED) is 0.748. The largest absolute Gasteiger partial charge is 0.352 e. The van der Waals surface area contributed by atoms with E-state index in [9.17, 15) is 4.79 Å². The van der Waals surface area contributed by atoms with Gasteiger partial charge < -0.3 is 11.1 Å². The molecule has 0 aliphatic heterocycles. The molecule has 94 valence electrons. The van der Waals surface area contributed by atoms with Gasteiger partial charge in [0.05, 0.1) is 0 Å². The van der Waals surface area contributed by atoms with Gasteiger partial charge in [0.15, 0.2) is 0 Å². The molecular weight excluding hydrogens is 220 g/mol. The smallest absolute Gasteiger partial charge is 0.224 e. The van der Waals surface area contributed by atoms with Crippen molar-refractivity contribution in [1.29, 1.82) is 0 Å². The van der Waals surface area contributed by atoms with Gasteiger partial charge in [0, 0.05) is 23.8 Å². The maximum Gasteiger partial charge on any atom is 0.224 e. The van der Waals surface area contributed by atoms with Crippen molar-refractivity contribution < 1.29 is 4.79 Å². The van der Waals surface area contributed by atoms with E-state index >= 15 is 0 Å². The molecule has 3 nitrogen and oxygen atoms in total. The molecule has 3 unspecified atom stereocenters. The molecule has 1 amide bonds. The summed E-state index contributed by atoms with van der Waals surface area (Å²) in [5, 5.41) is 3.79. The molecule has 1 aliphatic carbocycles. The number of thioether (sulfide) groups is 1. The van der Waals surface area contributed by atoms with Gasteiger partial charge in [-0.05, 0) is 25.0 Å². The molecule has 0 aromatic heterocycles. The zero-order chi connectivity index (χ0) is 12.0. The van der Waals surface area contributed by atoms with Gasteiger partial charge in [-0.1, -0.05) is 20.3 Å². The summed E-state index contributed by atoms with van der Waals surface area (Å²) in [5.74, 6) is 1.27. The molecule has 0 bridgehead atoms. The lowest BCUT2D eigenvalue weighted by molar-refractivity contribution is -0.125. The standard InChI is InChI=1S/C12H24N2OS/c1-3-9(8-13)12(15)14-10-6-5-7-11(10)16-4-2/h9-11H,3-8,13H2,1-2H3,(H,14,15). The van der Waals surface area contributed by atoms with Crippen molar-refractivity contribution in [2.24, 2.45) is 11.7 Å². The molecule has 3 N–H and O–H groups in total. The van der Waals surface area contributed by atoms with E-state index < -0.39 is 0 Å². The molecule has 0 aromatic carbocycles. The Balaban J connectivity index is 2.43. The molecule has 0 aromatic rings. The highest BCUT2D eigenvalue weighted by Crippen LogP contribution is 2.30. The second-order valence-electron chi connectivity index (χ2n) is 4.38. The summed E-state index contributed by atoms with van der Waals surface area (Å²) in [6.45, 7) is 4.65. The molecule has 0 spiro atoms. The minimum absolute atomic E-state index is 0.00660. The van der Waals surface area contributed by atoms with Gasteiger partial charge in [0.25, 0.3) is 0 Å². The minimum Gasteiger partial charge on any atom is -0.352 e. The molecule has 0 radical (unpaired) electrons. The maximum atomic E-state index is 11.9. The number of hydrogen-bond donors (Lipinski definition) is 2. The Hall–Kier alpha value is -0.220. The molecule has 3 atom stereocenters. The van der Waals surface area contributed by atoms with E-state index in [2.05, 4.69) is 12.2 Å². The summed E-state index contributed by atoms with van der Waals surface area (Å²) in [4.78, 5) is 11.9. The number of nitrogens with one attached hydrogen (secondary N) is 1. The summed E-state index contributed by atoms with van der Waals surface area (Å²) < 4.78 is 0. The summed E-state index contributed by atoms with van der Waals surface area (Å²) in [6.07, 6.45) is 4.44. The van der Waals surface area contributed by atoms with E-state index in [0.717, 1.165) is 18.6 Å². The highest BCUT2D eigenvalue weighted by Gasteiger charge is 2.29. The molecular formula is C12H24N2OS. The van der Waals surface area contributed by atoms with Crippen LogP contribution < -0.4 is 11.1 Å². The number of rotatable bonds is 6. The van der Waals surface area contributed by atoms with Crippen LogP contribution in [-0.2, 0) is 4.79 Å². The number of amides is 1. The van der Waals surface area contributed by atoms with Gasteiger partial charge in [-0.2, -0.15) is 11.8 Å². The highest BCUT2D eigenvalue weighted by atomic mass is 32.2. The first-order chi connectivity index (χ1) is 7.72. The topological polar surface area (TPSA) is 55.1 Å². The van der Waals surface area contributed by atoms with Gasteiger partial charge in [-0.25, -0.2) is 0 Å². The molecule has 16 heavy (non-hydrogen) atoms. The third-order valence-corrected chi connectivity index (χ3v) is 4.63. The fourth-order valence-electron chi connectivity index (χ4n) is 2.26. The Morgan fingerprint density at radius 2 is 2.25 bits per heavy atom. The molecule has 1 fully saturated rings. The Labute approximate surface area is 103 Å². The number of hydrogen-bond acceptors (Lipinski definition) is 3. The Morgan fingerprint density at radius 3 is 2.81 bits per heavy atom. The van der Waals surface area contributed by atoms with Gasteiger partial charge in [-0.3, -0.25) is 4.79 Å². The van der Waals surface area contributed by atoms with Crippen LogP contribution in [0.15, 0.2) is 0 Å². The van der Waals surface area contributed by atoms with Crippen LogP contribution in [0.3, 0.4) is 0 Å². The lowest BCUT2D eigenvalue weighted by atomic mass is 10.1. The average Bonchev–Trinajstić information content (AvgIpc) is 2.68. The first-order valence-electron chi connectivity index (χ1n) is 6.34. The predicted molar refractivity (Wildman–Crippen MR) is 70.5 cm³/mol. The van der Waals surface area contributed by atoms with Crippen LogP contribution in [0.25, 0.3) is 0 Å². The van der Waals surface area contributed by atoms with E-state index in [1.165, 1.54) is 12.8 Å². The first kappa shape index (κ1) is 13.8. The predicted octanol–water partition coefficient (Wildman–Crippen LogP) is 1.76. The van der Waals surface area contributed by atoms with E-state index in [-0.39, 0.29) is 11.8 Å². The SMILES string of the molecule is CCSC1CCCC1NC(=O)C(CC)CN. The number of carbonyl (C=O) groups is 1. The van der Waals surface area contributed by atoms with Crippen LogP contribution in [0.4, 0.5) is 0 Å². The van der Waals surface area contributed by atoms with E-state index in [1.54, 1.807) is 0 Å². The van der Waals surface area contributed by atoms with Crippen molar-refractivity contribution in [2.45, 2.75) is 50.8 Å². The highest BCUT2D eigenvalue weighted by molar-refractivity contribution is 7.99. The van der Waals surface area contributed by atoms with Crippen molar-refractivity contribution in [3.8, 4) is 0 Å². The zero-order valence-corrected chi connectivity index (χ0v) is 11.2. The van der Waals surface area contributed by atoms with Crippen LogP contribution in [-0.4, -0.2) is 29.5 Å². The molecule has 1 rings (SSSR count). The fraction of sp³-hybridized carbons (Fsp3) is 0.917. The molecule has 1 aliphatic rings. The summed E-state index contributed by atoms with van der Waals surface area (Å²) >= 11 is 1.97. The Kier molecular flexibility index (Phi) is 6.21. The Bertz CT molecular complexity index is 219. The average molecular weight is 244 g/mol. The van der Waals surface area contributed by atoms with E-state index in [1.807, 2.05) is 18.7 Å². The number of carbonyl (C=O) groups excluding carboxylic acids is 1. The molecule has 0 saturated heterocycles. The van der Waals surface area contributed by atoms with Gasteiger partial charge in [0.1, 0.15) is 0 Å². The molecule has 1 saturated carbocycles. The van der Waals surface area contributed by atoms with E-state index in [0.29, 0.717) is 17.8 Å². The first-order valence-corrected chi connectivity index (χ1v) is 7.39. The lowest BCUT2D eigenvalue weighted by Gasteiger charge is -2.22. The minimum atomic E-state index is -0.00660. The van der Waals surface area contributed by atoms with Crippen LogP contribution in [0.1, 0.15) is 39.5 Å². The van der Waals surface area contributed by atoms with Crippen molar-refractivity contribution in [2.75, 3.05) is 12.3 Å². The van der Waals surface area contributed by atoms with Crippen molar-refractivity contribution >= 4 is 17.7 Å². The Morgan fingerprint density at radius 1 is 1.50 bits per heavy atom. The third kappa shape index (κ3) is 3.67. The van der Waals surface area contributed by atoms with Crippen LogP contribution >= 0.6 is 11.8 Å². The van der Waals surface area contributed by atoms with Gasteiger partial charge in [0.2, 0.25) is 5.91 Å². The second kappa shape index (κ2) is 7.17. The maximum absolute atomic E-state index is 11.9. The van der Waals surface area contributed by atoms with Crippen LogP contribution in [0.5, 0.6) is 0 Å². The van der Waals surface area contributed by atoms with Crippen LogP contribution in [0.2, 0.25) is 0 Å². The fourth-order valence-corrected chi connectivity index (χ4v) is 3.46. The number of nitrogens with two attached hydrogens (primary N) is 1. The summed E-state index contributed by atoms with van der Waals surface area (Å²) in [5.41, 5.74) is 5.59. The van der Waals surface area contributed by atoms with E-state index in [4.69, 9.17) is 5.73 Å². The van der Waals surface area contributed by atoms with Crippen molar-refractivity contribution in [1.82, 2.24) is 5.32 Å². The lowest BCUT2D eigenvalue weighted by Crippen LogP contribution is -2.43. The van der Waals surface area contributed by atoms with Gasteiger partial charge in [-0.15, -0.1) is 0 Å². The molecule has 4 heteroatoms. The zero-order valence-electron chi connectivity index (χ0n) is 10.4. The second-order valence-corrected chi connectivity index (χ2v) is 5.90. The van der Waals surface area contributed by atoms with Crippen molar-refractivity contribution in [3.63, 3.8) is 0 Å². The van der Waals surface area contributed by atoms with Gasteiger partial charge >= 0.3 is 0 Å². The normalized spacial score (nSPS) is 26.7. The van der Waals surface area contributed by atoms with Crippen molar-refractivity contribution in [3.05, 3.63) is 0 Å². The van der Waals surface area contributed by atoms with Crippen LogP contribution in [0, 0.1) is 5.92 Å².